The number of nitrogens with zero attached hydrogens (tertiary/aromatic N) is 2. The van der Waals surface area contributed by atoms with Crippen molar-refractivity contribution in [2.24, 2.45) is 0 Å². The number of carbonyl (C=O) groups is 1. The molecule has 0 unspecified atom stereocenters. The molecule has 0 bridgehead atoms. The normalized spacial score (nSPS) is 22.0. The summed E-state index contributed by atoms with van der Waals surface area (Å²) in [5.41, 5.74) is 0.667. The van der Waals surface area contributed by atoms with Gasteiger partial charge >= 0.3 is 0 Å². The number of rotatable bonds is 4. The Hall–Kier alpha value is -1.06. The average molecular weight is 335 g/mol. The van der Waals surface area contributed by atoms with Crippen LogP contribution in [0.5, 0.6) is 0 Å². The monoisotopic (exact) mass is 334 g/mol. The van der Waals surface area contributed by atoms with Gasteiger partial charge in [-0.2, -0.15) is 0 Å². The van der Waals surface area contributed by atoms with Gasteiger partial charge in [-0.3, -0.25) is 9.69 Å². The van der Waals surface area contributed by atoms with Crippen LogP contribution in [0.15, 0.2) is 24.3 Å². The van der Waals surface area contributed by atoms with Gasteiger partial charge in [0.2, 0.25) is 5.91 Å². The Kier molecular flexibility index (Phi) is 4.45. The lowest BCUT2D eigenvalue weighted by atomic mass is 9.85. The molecule has 0 heterocycles. The molecule has 0 spiro atoms. The Balaban J connectivity index is 1.88. The summed E-state index contributed by atoms with van der Waals surface area (Å²) in [5.74, 6) is 0.274. The van der Waals surface area contributed by atoms with Crippen molar-refractivity contribution >= 4 is 17.5 Å². The van der Waals surface area contributed by atoms with Gasteiger partial charge < -0.3 is 4.90 Å². The minimum absolute atomic E-state index is 0.128. The molecule has 1 amide bonds. The SMILES string of the molecule is CN(C)C1(N(C)C(=O)C2(c3ccc(Cl)cc3)CC2)CCCCC1. The molecule has 0 atom stereocenters. The van der Waals surface area contributed by atoms with Crippen LogP contribution in [0.1, 0.15) is 50.5 Å². The molecule has 0 aliphatic heterocycles. The fraction of sp³-hybridized carbons (Fsp3) is 0.632. The Morgan fingerprint density at radius 3 is 2.00 bits per heavy atom. The van der Waals surface area contributed by atoms with Gasteiger partial charge in [0.05, 0.1) is 11.1 Å². The van der Waals surface area contributed by atoms with Gasteiger partial charge in [0, 0.05) is 12.1 Å². The van der Waals surface area contributed by atoms with Crippen LogP contribution in [0, 0.1) is 0 Å². The summed E-state index contributed by atoms with van der Waals surface area (Å²) >= 11 is 6.01. The van der Waals surface area contributed by atoms with E-state index in [2.05, 4.69) is 19.0 Å². The number of hydrogen-bond donors (Lipinski definition) is 0. The molecule has 0 N–H and O–H groups in total. The van der Waals surface area contributed by atoms with Crippen molar-refractivity contribution in [1.29, 1.82) is 0 Å². The third-order valence-electron chi connectivity index (χ3n) is 5.97. The quantitative estimate of drug-likeness (QED) is 0.775. The summed E-state index contributed by atoms with van der Waals surface area (Å²) < 4.78 is 0. The molecule has 0 aromatic heterocycles. The number of carbonyl (C=O) groups excluding carboxylic acids is 1. The van der Waals surface area contributed by atoms with E-state index in [9.17, 15) is 4.79 Å². The largest absolute Gasteiger partial charge is 0.327 e. The van der Waals surface area contributed by atoms with Crippen LogP contribution in [0.4, 0.5) is 0 Å². The number of likely N-dealkylation sites (N-methyl/N-ethyl adjacent to an activating group) is 1. The van der Waals surface area contributed by atoms with Crippen LogP contribution in [0.25, 0.3) is 0 Å². The molecule has 23 heavy (non-hydrogen) atoms. The van der Waals surface area contributed by atoms with Crippen LogP contribution in [-0.2, 0) is 10.2 Å². The van der Waals surface area contributed by atoms with E-state index in [0.29, 0.717) is 0 Å². The van der Waals surface area contributed by atoms with Gasteiger partial charge in [-0.1, -0.05) is 30.2 Å². The first-order chi connectivity index (χ1) is 10.9. The molecule has 0 saturated heterocycles. The van der Waals surface area contributed by atoms with Crippen molar-refractivity contribution in [1.82, 2.24) is 9.80 Å². The Morgan fingerprint density at radius 1 is 0.957 bits per heavy atom. The third-order valence-corrected chi connectivity index (χ3v) is 6.22. The smallest absolute Gasteiger partial charge is 0.234 e. The lowest BCUT2D eigenvalue weighted by molar-refractivity contribution is -0.149. The maximum atomic E-state index is 13.4. The standard InChI is InChI=1S/C19H27ClN2O/c1-21(2)19(11-5-4-6-12-19)22(3)17(23)18(13-14-18)15-7-9-16(20)10-8-15/h7-10H,4-6,11-14H2,1-3H3. The Bertz CT molecular complexity index is 572. The third kappa shape index (κ3) is 2.78. The first-order valence-electron chi connectivity index (χ1n) is 8.64. The molecule has 2 aliphatic rings. The highest BCUT2D eigenvalue weighted by molar-refractivity contribution is 6.30. The van der Waals surface area contributed by atoms with E-state index in [4.69, 9.17) is 11.6 Å². The second-order valence-electron chi connectivity index (χ2n) is 7.39. The molecule has 1 aromatic carbocycles. The lowest BCUT2D eigenvalue weighted by Crippen LogP contribution is -2.61. The van der Waals surface area contributed by atoms with Crippen LogP contribution >= 0.6 is 11.6 Å². The van der Waals surface area contributed by atoms with Gasteiger partial charge in [-0.15, -0.1) is 0 Å². The minimum atomic E-state index is -0.320. The van der Waals surface area contributed by atoms with Gasteiger partial charge in [0.15, 0.2) is 0 Å². The highest BCUT2D eigenvalue weighted by atomic mass is 35.5. The molecule has 126 valence electrons. The summed E-state index contributed by atoms with van der Waals surface area (Å²) in [4.78, 5) is 17.7. The zero-order chi connectivity index (χ0) is 16.7. The summed E-state index contributed by atoms with van der Waals surface area (Å²) in [6.45, 7) is 0. The topological polar surface area (TPSA) is 23.6 Å². The van der Waals surface area contributed by atoms with Crippen molar-refractivity contribution in [2.45, 2.75) is 56.0 Å². The van der Waals surface area contributed by atoms with Crippen LogP contribution in [0.3, 0.4) is 0 Å². The highest BCUT2D eigenvalue weighted by Gasteiger charge is 2.55. The van der Waals surface area contributed by atoms with E-state index in [1.807, 2.05) is 36.2 Å². The molecule has 2 saturated carbocycles. The molecule has 3 nitrogen and oxygen atoms in total. The van der Waals surface area contributed by atoms with Gasteiger partial charge in [0.1, 0.15) is 0 Å². The molecule has 2 aliphatic carbocycles. The van der Waals surface area contributed by atoms with Crippen LogP contribution < -0.4 is 0 Å². The van der Waals surface area contributed by atoms with Crippen molar-refractivity contribution < 1.29 is 4.79 Å². The van der Waals surface area contributed by atoms with Crippen molar-refractivity contribution in [3.63, 3.8) is 0 Å². The average Bonchev–Trinajstić information content (AvgIpc) is 3.36. The molecular formula is C19H27ClN2O. The van der Waals surface area contributed by atoms with Crippen molar-refractivity contribution in [2.75, 3.05) is 21.1 Å². The summed E-state index contributed by atoms with van der Waals surface area (Å²) in [7, 11) is 6.22. The predicted octanol–water partition coefficient (Wildman–Crippen LogP) is 4.05. The maximum Gasteiger partial charge on any atom is 0.234 e. The summed E-state index contributed by atoms with van der Waals surface area (Å²) in [5, 5.41) is 0.724. The predicted molar refractivity (Wildman–Crippen MR) is 94.6 cm³/mol. The highest BCUT2D eigenvalue weighted by Crippen LogP contribution is 2.51. The zero-order valence-electron chi connectivity index (χ0n) is 14.4. The second-order valence-corrected chi connectivity index (χ2v) is 7.83. The van der Waals surface area contributed by atoms with Gasteiger partial charge in [0.25, 0.3) is 0 Å². The van der Waals surface area contributed by atoms with Crippen LogP contribution in [-0.4, -0.2) is 42.5 Å². The van der Waals surface area contributed by atoms with E-state index >= 15 is 0 Å². The molecule has 0 radical (unpaired) electrons. The van der Waals surface area contributed by atoms with Crippen molar-refractivity contribution in [3.8, 4) is 0 Å². The maximum absolute atomic E-state index is 13.4. The van der Waals surface area contributed by atoms with Gasteiger partial charge in [-0.05, 0) is 70.3 Å². The van der Waals surface area contributed by atoms with Gasteiger partial charge in [-0.25, -0.2) is 0 Å². The van der Waals surface area contributed by atoms with E-state index < -0.39 is 0 Å². The zero-order valence-corrected chi connectivity index (χ0v) is 15.2. The van der Waals surface area contributed by atoms with E-state index in [1.165, 1.54) is 19.3 Å². The molecular weight excluding hydrogens is 308 g/mol. The number of hydrogen-bond acceptors (Lipinski definition) is 2. The van der Waals surface area contributed by atoms with Crippen molar-refractivity contribution in [3.05, 3.63) is 34.9 Å². The number of benzene rings is 1. The number of amides is 1. The molecule has 3 rings (SSSR count). The fourth-order valence-corrected chi connectivity index (χ4v) is 4.36. The van der Waals surface area contributed by atoms with E-state index in [-0.39, 0.29) is 17.0 Å². The lowest BCUT2D eigenvalue weighted by Gasteiger charge is -2.50. The first kappa shape index (κ1) is 16.8. The fourth-order valence-electron chi connectivity index (χ4n) is 4.23. The minimum Gasteiger partial charge on any atom is -0.327 e. The second kappa shape index (κ2) is 6.10. The van der Waals surface area contributed by atoms with Crippen LogP contribution in [0.2, 0.25) is 5.02 Å². The van der Waals surface area contributed by atoms with E-state index in [1.54, 1.807) is 0 Å². The summed E-state index contributed by atoms with van der Waals surface area (Å²) in [6, 6.07) is 7.83. The molecule has 1 aromatic rings. The molecule has 2 fully saturated rings. The number of halogens is 1. The first-order valence-corrected chi connectivity index (χ1v) is 9.02. The molecule has 4 heteroatoms. The Morgan fingerprint density at radius 2 is 1.52 bits per heavy atom. The summed E-state index contributed by atoms with van der Waals surface area (Å²) in [6.07, 6.45) is 7.70. The Labute approximate surface area is 144 Å². The van der Waals surface area contributed by atoms with E-state index in [0.717, 1.165) is 36.3 Å².